The molecule has 1 heterocycles. The predicted octanol–water partition coefficient (Wildman–Crippen LogP) is 6.79. The van der Waals surface area contributed by atoms with E-state index in [0.29, 0.717) is 23.1 Å². The highest BCUT2D eigenvalue weighted by Gasteiger charge is 2.32. The molecule has 2 aromatic rings. The van der Waals surface area contributed by atoms with Crippen LogP contribution in [0.3, 0.4) is 0 Å². The summed E-state index contributed by atoms with van der Waals surface area (Å²) in [6.07, 6.45) is 6.04. The molecular formula is C25H29ClN2O2S. The number of hydrogen-bond donors (Lipinski definition) is 0. The summed E-state index contributed by atoms with van der Waals surface area (Å²) in [5, 5.41) is 1.52. The molecule has 1 amide bonds. The number of ether oxygens (including phenoxy) is 1. The van der Waals surface area contributed by atoms with Gasteiger partial charge in [-0.2, -0.15) is 0 Å². The molecule has 0 saturated carbocycles. The number of amidine groups is 1. The van der Waals surface area contributed by atoms with Gasteiger partial charge in [-0.05, 0) is 54.4 Å². The van der Waals surface area contributed by atoms with E-state index < -0.39 is 0 Å². The molecule has 1 aliphatic rings. The molecule has 1 saturated heterocycles. The van der Waals surface area contributed by atoms with Crippen molar-refractivity contribution in [2.45, 2.75) is 46.1 Å². The molecule has 1 fully saturated rings. The Balaban J connectivity index is 1.79. The van der Waals surface area contributed by atoms with Gasteiger partial charge in [0, 0.05) is 23.7 Å². The third-order valence-electron chi connectivity index (χ3n) is 4.90. The van der Waals surface area contributed by atoms with E-state index in [0.717, 1.165) is 54.3 Å². The maximum Gasteiger partial charge on any atom is 0.266 e. The fraction of sp³-hybridized carbons (Fsp3) is 0.360. The lowest BCUT2D eigenvalue weighted by Gasteiger charge is -2.14. The number of unbranched alkanes of at least 4 members (excludes halogenated alkanes) is 2. The highest BCUT2D eigenvalue weighted by Crippen LogP contribution is 2.34. The van der Waals surface area contributed by atoms with Gasteiger partial charge >= 0.3 is 0 Å². The normalized spacial score (nSPS) is 16.5. The first-order chi connectivity index (χ1) is 15.1. The highest BCUT2D eigenvalue weighted by molar-refractivity contribution is 8.18. The number of halogens is 1. The second kappa shape index (κ2) is 12.0. The maximum atomic E-state index is 13.1. The smallest absolute Gasteiger partial charge is 0.266 e. The topological polar surface area (TPSA) is 41.9 Å². The standard InChI is InChI=1S/C25H29ClN2O2S/c1-3-5-15-27-25-28(16-6-4-2)24(29)23(31-25)17-20-9-7-8-10-22(20)30-18-19-11-13-21(26)14-12-19/h7-14,17H,3-6,15-16,18H2,1-2H3. The monoisotopic (exact) mass is 456 g/mol. The summed E-state index contributed by atoms with van der Waals surface area (Å²) in [5.74, 6) is 0.774. The van der Waals surface area contributed by atoms with E-state index in [1.54, 1.807) is 0 Å². The molecular weight excluding hydrogens is 428 g/mol. The second-order valence-corrected chi connectivity index (χ2v) is 8.84. The number of carbonyl (C=O) groups excluding carboxylic acids is 1. The first-order valence-electron chi connectivity index (χ1n) is 10.8. The van der Waals surface area contributed by atoms with Crippen molar-refractivity contribution >= 4 is 40.5 Å². The molecule has 3 rings (SSSR count). The molecule has 0 unspecified atom stereocenters. The van der Waals surface area contributed by atoms with Crippen molar-refractivity contribution in [1.82, 2.24) is 4.90 Å². The number of amides is 1. The van der Waals surface area contributed by atoms with Crippen LogP contribution in [0.25, 0.3) is 6.08 Å². The van der Waals surface area contributed by atoms with Gasteiger partial charge in [-0.3, -0.25) is 14.7 Å². The van der Waals surface area contributed by atoms with Crippen LogP contribution in [-0.4, -0.2) is 29.1 Å². The van der Waals surface area contributed by atoms with Crippen molar-refractivity contribution in [2.24, 2.45) is 4.99 Å². The molecule has 2 aromatic carbocycles. The molecule has 0 spiro atoms. The summed E-state index contributed by atoms with van der Waals surface area (Å²) in [6, 6.07) is 15.4. The minimum atomic E-state index is 0.0289. The van der Waals surface area contributed by atoms with Crippen LogP contribution in [0.1, 0.15) is 50.7 Å². The fourth-order valence-corrected chi connectivity index (χ4v) is 4.23. The lowest BCUT2D eigenvalue weighted by molar-refractivity contribution is -0.122. The number of benzene rings is 2. The van der Waals surface area contributed by atoms with Crippen molar-refractivity contribution in [3.63, 3.8) is 0 Å². The van der Waals surface area contributed by atoms with E-state index in [1.807, 2.05) is 59.5 Å². The van der Waals surface area contributed by atoms with Crippen molar-refractivity contribution in [3.05, 3.63) is 69.6 Å². The van der Waals surface area contributed by atoms with Crippen molar-refractivity contribution in [3.8, 4) is 5.75 Å². The van der Waals surface area contributed by atoms with E-state index in [4.69, 9.17) is 21.3 Å². The maximum absolute atomic E-state index is 13.1. The van der Waals surface area contributed by atoms with Gasteiger partial charge in [0.05, 0.1) is 4.91 Å². The largest absolute Gasteiger partial charge is 0.488 e. The average molecular weight is 457 g/mol. The Kier molecular flexibility index (Phi) is 9.04. The Morgan fingerprint density at radius 1 is 1.06 bits per heavy atom. The van der Waals surface area contributed by atoms with Crippen LogP contribution >= 0.6 is 23.4 Å². The average Bonchev–Trinajstić information content (AvgIpc) is 3.07. The lowest BCUT2D eigenvalue weighted by atomic mass is 10.1. The summed E-state index contributed by atoms with van der Waals surface area (Å²) in [7, 11) is 0. The van der Waals surface area contributed by atoms with Gasteiger partial charge in [-0.15, -0.1) is 0 Å². The van der Waals surface area contributed by atoms with Crippen LogP contribution in [0, 0.1) is 0 Å². The zero-order valence-electron chi connectivity index (χ0n) is 18.1. The first-order valence-corrected chi connectivity index (χ1v) is 12.0. The molecule has 0 bridgehead atoms. The minimum absolute atomic E-state index is 0.0289. The summed E-state index contributed by atoms with van der Waals surface area (Å²) in [6.45, 7) is 6.17. The molecule has 0 aromatic heterocycles. The molecule has 31 heavy (non-hydrogen) atoms. The number of aliphatic imine (C=N–C) groups is 1. The third kappa shape index (κ3) is 6.62. The Hall–Kier alpha value is -2.24. The van der Waals surface area contributed by atoms with Gasteiger partial charge in [-0.1, -0.05) is 68.6 Å². The van der Waals surface area contributed by atoms with E-state index in [2.05, 4.69) is 13.8 Å². The molecule has 0 atom stereocenters. The van der Waals surface area contributed by atoms with E-state index in [-0.39, 0.29) is 5.91 Å². The summed E-state index contributed by atoms with van der Waals surface area (Å²) >= 11 is 7.43. The van der Waals surface area contributed by atoms with Crippen LogP contribution in [0.5, 0.6) is 5.75 Å². The Morgan fingerprint density at radius 2 is 1.81 bits per heavy atom. The van der Waals surface area contributed by atoms with Crippen LogP contribution in [0.15, 0.2) is 58.4 Å². The van der Waals surface area contributed by atoms with Gasteiger partial charge in [-0.25, -0.2) is 0 Å². The number of nitrogens with zero attached hydrogens (tertiary/aromatic N) is 2. The summed E-state index contributed by atoms with van der Waals surface area (Å²) in [4.78, 5) is 20.3. The van der Waals surface area contributed by atoms with Crippen LogP contribution in [0.4, 0.5) is 0 Å². The zero-order chi connectivity index (χ0) is 22.1. The molecule has 0 radical (unpaired) electrons. The van der Waals surface area contributed by atoms with Gasteiger partial charge < -0.3 is 4.74 Å². The van der Waals surface area contributed by atoms with Crippen LogP contribution in [-0.2, 0) is 11.4 Å². The van der Waals surface area contributed by atoms with Gasteiger partial charge in [0.1, 0.15) is 12.4 Å². The first kappa shape index (κ1) is 23.4. The Labute approximate surface area is 194 Å². The zero-order valence-corrected chi connectivity index (χ0v) is 19.7. The molecule has 1 aliphatic heterocycles. The van der Waals surface area contributed by atoms with Crippen molar-refractivity contribution in [2.75, 3.05) is 13.1 Å². The third-order valence-corrected chi connectivity index (χ3v) is 6.19. The van der Waals surface area contributed by atoms with Gasteiger partial charge in [0.15, 0.2) is 5.17 Å². The molecule has 6 heteroatoms. The van der Waals surface area contributed by atoms with E-state index >= 15 is 0 Å². The van der Waals surface area contributed by atoms with E-state index in [1.165, 1.54) is 11.8 Å². The Morgan fingerprint density at radius 3 is 2.55 bits per heavy atom. The van der Waals surface area contributed by atoms with Crippen LogP contribution < -0.4 is 4.74 Å². The van der Waals surface area contributed by atoms with Crippen molar-refractivity contribution < 1.29 is 9.53 Å². The number of carbonyl (C=O) groups is 1. The summed E-state index contributed by atoms with van der Waals surface area (Å²) in [5.41, 5.74) is 1.92. The molecule has 0 aliphatic carbocycles. The molecule has 0 N–H and O–H groups in total. The fourth-order valence-electron chi connectivity index (χ4n) is 3.09. The van der Waals surface area contributed by atoms with Gasteiger partial charge in [0.25, 0.3) is 5.91 Å². The number of rotatable bonds is 10. The lowest BCUT2D eigenvalue weighted by Crippen LogP contribution is -2.30. The number of thioether (sulfide) groups is 1. The number of hydrogen-bond acceptors (Lipinski definition) is 4. The predicted molar refractivity (Wildman–Crippen MR) is 132 cm³/mol. The molecule has 164 valence electrons. The molecule has 4 nitrogen and oxygen atoms in total. The second-order valence-electron chi connectivity index (χ2n) is 7.39. The highest BCUT2D eigenvalue weighted by atomic mass is 35.5. The Bertz CT molecular complexity index is 941. The number of para-hydroxylation sites is 1. The van der Waals surface area contributed by atoms with Crippen LogP contribution in [0.2, 0.25) is 5.02 Å². The van der Waals surface area contributed by atoms with E-state index in [9.17, 15) is 4.79 Å². The summed E-state index contributed by atoms with van der Waals surface area (Å²) < 4.78 is 6.05. The van der Waals surface area contributed by atoms with Gasteiger partial charge in [0.2, 0.25) is 0 Å². The minimum Gasteiger partial charge on any atom is -0.488 e. The SMILES string of the molecule is CCCCN=C1SC(=Cc2ccccc2OCc2ccc(Cl)cc2)C(=O)N1CCCC. The quantitative estimate of drug-likeness (QED) is 0.292. The van der Waals surface area contributed by atoms with Crippen molar-refractivity contribution in [1.29, 1.82) is 0 Å².